The molecule has 0 saturated heterocycles. The lowest BCUT2D eigenvalue weighted by Gasteiger charge is -2.23. The van der Waals surface area contributed by atoms with Gasteiger partial charge in [-0.15, -0.1) is 11.3 Å². The van der Waals surface area contributed by atoms with Crippen molar-refractivity contribution < 1.29 is 0 Å². The molecular weight excluding hydrogens is 216 g/mol. The number of hydrogen-bond donors (Lipinski definition) is 0. The van der Waals surface area contributed by atoms with E-state index < -0.39 is 0 Å². The normalized spacial score (nSPS) is 14.3. The van der Waals surface area contributed by atoms with Gasteiger partial charge in [0, 0.05) is 11.6 Å². The summed E-state index contributed by atoms with van der Waals surface area (Å²) in [6, 6.07) is 2.53. The summed E-state index contributed by atoms with van der Waals surface area (Å²) >= 11 is 1.62. The average Bonchev–Trinajstić information content (AvgIpc) is 2.82. The molecule has 0 aliphatic rings. The minimum Gasteiger partial charge on any atom is -0.248 e. The van der Waals surface area contributed by atoms with Gasteiger partial charge in [0.15, 0.2) is 0 Å². The van der Waals surface area contributed by atoms with E-state index in [0.29, 0.717) is 0 Å². The van der Waals surface area contributed by atoms with E-state index >= 15 is 0 Å². The third-order valence-corrected chi connectivity index (χ3v) is 3.92. The molecule has 1 aromatic rings. The highest BCUT2D eigenvalue weighted by atomic mass is 32.1. The quantitative estimate of drug-likeness (QED) is 0.662. The monoisotopic (exact) mass is 236 g/mol. The van der Waals surface area contributed by atoms with Crippen LogP contribution < -0.4 is 0 Å². The van der Waals surface area contributed by atoms with Gasteiger partial charge in [0.25, 0.3) is 0 Å². The van der Waals surface area contributed by atoms with Crippen LogP contribution in [0.4, 0.5) is 0 Å². The first kappa shape index (κ1) is 13.2. The zero-order valence-corrected chi connectivity index (χ0v) is 11.0. The van der Waals surface area contributed by atoms with E-state index in [4.69, 9.17) is 0 Å². The fourth-order valence-electron chi connectivity index (χ4n) is 2.06. The van der Waals surface area contributed by atoms with E-state index in [1.165, 1.54) is 12.8 Å². The van der Waals surface area contributed by atoms with E-state index in [9.17, 15) is 5.26 Å². The molecule has 0 bridgehead atoms. The Balaban J connectivity index is 2.79. The van der Waals surface area contributed by atoms with Crippen molar-refractivity contribution in [2.24, 2.45) is 0 Å². The predicted molar refractivity (Wildman–Crippen MR) is 68.5 cm³/mol. The van der Waals surface area contributed by atoms with Crippen molar-refractivity contribution in [2.75, 3.05) is 0 Å². The second-order valence-corrected chi connectivity index (χ2v) is 5.13. The zero-order chi connectivity index (χ0) is 11.9. The summed E-state index contributed by atoms with van der Waals surface area (Å²) in [5.41, 5.74) is -0.321. The number of nitriles is 1. The van der Waals surface area contributed by atoms with Gasteiger partial charge in [-0.3, -0.25) is 0 Å². The van der Waals surface area contributed by atoms with Gasteiger partial charge >= 0.3 is 0 Å². The SMILES string of the molecule is CCCCCC(C#N)(CCC)c1nccs1. The first-order chi connectivity index (χ1) is 7.79. The Morgan fingerprint density at radius 2 is 2.12 bits per heavy atom. The van der Waals surface area contributed by atoms with Crippen LogP contribution in [-0.2, 0) is 5.41 Å². The number of unbranched alkanes of at least 4 members (excludes halogenated alkanes) is 2. The van der Waals surface area contributed by atoms with Gasteiger partial charge in [-0.05, 0) is 12.8 Å². The second-order valence-electron chi connectivity index (χ2n) is 4.24. The molecule has 0 saturated carbocycles. The molecule has 1 atom stereocenters. The van der Waals surface area contributed by atoms with Gasteiger partial charge in [0.2, 0.25) is 0 Å². The highest BCUT2D eigenvalue weighted by Gasteiger charge is 2.33. The van der Waals surface area contributed by atoms with E-state index in [2.05, 4.69) is 24.9 Å². The van der Waals surface area contributed by atoms with Crippen LogP contribution in [-0.4, -0.2) is 4.98 Å². The first-order valence-electron chi connectivity index (χ1n) is 6.10. The van der Waals surface area contributed by atoms with Crippen LogP contribution in [0.25, 0.3) is 0 Å². The molecule has 0 N–H and O–H groups in total. The third-order valence-electron chi connectivity index (χ3n) is 2.94. The maximum absolute atomic E-state index is 9.50. The lowest BCUT2D eigenvalue weighted by molar-refractivity contribution is 0.433. The van der Waals surface area contributed by atoms with Crippen LogP contribution in [0.15, 0.2) is 11.6 Å². The summed E-state index contributed by atoms with van der Waals surface area (Å²) in [5, 5.41) is 12.5. The molecule has 16 heavy (non-hydrogen) atoms. The minimum absolute atomic E-state index is 0.321. The van der Waals surface area contributed by atoms with Crippen LogP contribution >= 0.6 is 11.3 Å². The first-order valence-corrected chi connectivity index (χ1v) is 6.98. The Labute approximate surface area is 102 Å². The van der Waals surface area contributed by atoms with E-state index in [1.54, 1.807) is 11.3 Å². The molecule has 3 heteroatoms. The van der Waals surface area contributed by atoms with Gasteiger partial charge in [-0.25, -0.2) is 4.98 Å². The van der Waals surface area contributed by atoms with Gasteiger partial charge in [0.1, 0.15) is 10.4 Å². The standard InChI is InChI=1S/C13H20N2S/c1-3-5-6-8-13(11-14,7-4-2)12-15-9-10-16-12/h9-10H,3-8H2,1-2H3. The highest BCUT2D eigenvalue weighted by Crippen LogP contribution is 2.35. The van der Waals surface area contributed by atoms with Gasteiger partial charge in [-0.1, -0.05) is 39.5 Å². The second kappa shape index (κ2) is 6.65. The molecule has 0 aromatic carbocycles. The molecule has 0 fully saturated rings. The molecule has 1 rings (SSSR count). The van der Waals surface area contributed by atoms with Crippen LogP contribution in [0.2, 0.25) is 0 Å². The van der Waals surface area contributed by atoms with Crippen molar-refractivity contribution in [1.29, 1.82) is 5.26 Å². The van der Waals surface area contributed by atoms with Gasteiger partial charge in [-0.2, -0.15) is 5.26 Å². The number of rotatable bonds is 7. The number of hydrogen-bond acceptors (Lipinski definition) is 3. The number of thiazole rings is 1. The molecule has 0 spiro atoms. The molecular formula is C13H20N2S. The minimum atomic E-state index is -0.321. The molecule has 2 nitrogen and oxygen atoms in total. The molecule has 1 unspecified atom stereocenters. The van der Waals surface area contributed by atoms with Crippen molar-refractivity contribution in [3.8, 4) is 6.07 Å². The summed E-state index contributed by atoms with van der Waals surface area (Å²) in [6.07, 6.45) is 8.27. The summed E-state index contributed by atoms with van der Waals surface area (Å²) < 4.78 is 0. The van der Waals surface area contributed by atoms with Gasteiger partial charge < -0.3 is 0 Å². The Morgan fingerprint density at radius 1 is 1.31 bits per heavy atom. The summed E-state index contributed by atoms with van der Waals surface area (Å²) in [6.45, 7) is 4.33. The zero-order valence-electron chi connectivity index (χ0n) is 10.2. The lowest BCUT2D eigenvalue weighted by Crippen LogP contribution is -2.23. The summed E-state index contributed by atoms with van der Waals surface area (Å²) in [4.78, 5) is 4.35. The Morgan fingerprint density at radius 3 is 2.62 bits per heavy atom. The molecule has 0 radical (unpaired) electrons. The van der Waals surface area contributed by atoms with Crippen molar-refractivity contribution >= 4 is 11.3 Å². The average molecular weight is 236 g/mol. The van der Waals surface area contributed by atoms with E-state index in [1.807, 2.05) is 11.6 Å². The molecule has 1 heterocycles. The fourth-order valence-corrected chi connectivity index (χ4v) is 2.91. The highest BCUT2D eigenvalue weighted by molar-refractivity contribution is 7.09. The van der Waals surface area contributed by atoms with Gasteiger partial charge in [0.05, 0.1) is 6.07 Å². The molecule has 0 amide bonds. The third kappa shape index (κ3) is 3.05. The topological polar surface area (TPSA) is 36.7 Å². The maximum atomic E-state index is 9.50. The Kier molecular flexibility index (Phi) is 5.48. The van der Waals surface area contributed by atoms with Crippen molar-refractivity contribution in [1.82, 2.24) is 4.98 Å². The van der Waals surface area contributed by atoms with E-state index in [0.717, 1.165) is 30.7 Å². The largest absolute Gasteiger partial charge is 0.248 e. The number of nitrogens with zero attached hydrogens (tertiary/aromatic N) is 2. The molecule has 0 aliphatic heterocycles. The van der Waals surface area contributed by atoms with E-state index in [-0.39, 0.29) is 5.41 Å². The van der Waals surface area contributed by atoms with Crippen molar-refractivity contribution in [2.45, 2.75) is 57.8 Å². The van der Waals surface area contributed by atoms with Crippen molar-refractivity contribution in [3.05, 3.63) is 16.6 Å². The molecule has 1 aromatic heterocycles. The summed E-state index contributed by atoms with van der Waals surface area (Å²) in [5.74, 6) is 0. The van der Waals surface area contributed by atoms with Crippen molar-refractivity contribution in [3.63, 3.8) is 0 Å². The van der Waals surface area contributed by atoms with Crippen LogP contribution in [0.5, 0.6) is 0 Å². The Bertz CT molecular complexity index is 326. The molecule has 88 valence electrons. The van der Waals surface area contributed by atoms with Crippen LogP contribution in [0.1, 0.15) is 57.4 Å². The molecule has 0 aliphatic carbocycles. The summed E-state index contributed by atoms with van der Waals surface area (Å²) in [7, 11) is 0. The maximum Gasteiger partial charge on any atom is 0.113 e. The number of aromatic nitrogens is 1. The smallest absolute Gasteiger partial charge is 0.113 e. The Hall–Kier alpha value is -0.880. The van der Waals surface area contributed by atoms with Crippen LogP contribution in [0, 0.1) is 11.3 Å². The fraction of sp³-hybridized carbons (Fsp3) is 0.692. The lowest BCUT2D eigenvalue weighted by atomic mass is 9.80. The predicted octanol–water partition coefficient (Wildman–Crippen LogP) is 4.28. The van der Waals surface area contributed by atoms with Crippen LogP contribution in [0.3, 0.4) is 0 Å².